The number of nitrogens with two attached hydrogens (primary N) is 2. The quantitative estimate of drug-likeness (QED) is 0.351. The summed E-state index contributed by atoms with van der Waals surface area (Å²) in [6.07, 6.45) is 7.89. The highest BCUT2D eigenvalue weighted by molar-refractivity contribution is 6.06. The maximum absolute atomic E-state index is 14.9. The minimum absolute atomic E-state index is 0.0108. The number of hydrogen-bond acceptors (Lipinski definition) is 9. The third-order valence-corrected chi connectivity index (χ3v) is 5.69. The summed E-state index contributed by atoms with van der Waals surface area (Å²) in [6.45, 7) is 0.694. The zero-order valence-corrected chi connectivity index (χ0v) is 17.7. The van der Waals surface area contributed by atoms with Crippen LogP contribution in [0.25, 0.3) is 33.4 Å². The minimum atomic E-state index is -0.697. The molecule has 1 aliphatic heterocycles. The average molecular weight is 452 g/mol. The lowest BCUT2D eigenvalue weighted by Crippen LogP contribution is -2.18. The zero-order valence-electron chi connectivity index (χ0n) is 17.7. The van der Waals surface area contributed by atoms with Gasteiger partial charge in [0.15, 0.2) is 11.4 Å². The van der Waals surface area contributed by atoms with Crippen molar-refractivity contribution in [2.24, 2.45) is 0 Å². The number of rotatable bonds is 4. The van der Waals surface area contributed by atoms with Gasteiger partial charge in [-0.05, 0) is 31.4 Å². The number of fused-ring (bicyclic) bond motifs is 1. The Morgan fingerprint density at radius 1 is 1.24 bits per heavy atom. The molecule has 11 heteroatoms. The number of aromatic nitrogens is 4. The van der Waals surface area contributed by atoms with Crippen molar-refractivity contribution in [1.82, 2.24) is 19.9 Å². The van der Waals surface area contributed by atoms with E-state index in [4.69, 9.17) is 25.5 Å². The van der Waals surface area contributed by atoms with Crippen molar-refractivity contribution in [3.05, 3.63) is 42.1 Å². The number of benzene rings is 1. The summed E-state index contributed by atoms with van der Waals surface area (Å²) < 4.78 is 32.7. The summed E-state index contributed by atoms with van der Waals surface area (Å²) in [6, 6.07) is 2.32. The van der Waals surface area contributed by atoms with E-state index >= 15 is 0 Å². The van der Waals surface area contributed by atoms with Gasteiger partial charge in [-0.2, -0.15) is 5.10 Å². The van der Waals surface area contributed by atoms with Crippen LogP contribution in [0.4, 0.5) is 15.9 Å². The van der Waals surface area contributed by atoms with Crippen molar-refractivity contribution >= 4 is 28.4 Å². The van der Waals surface area contributed by atoms with Gasteiger partial charge < -0.3 is 25.5 Å². The molecule has 1 fully saturated rings. The van der Waals surface area contributed by atoms with Crippen LogP contribution in [0.2, 0.25) is 0 Å². The third-order valence-electron chi connectivity index (χ3n) is 5.69. The van der Waals surface area contributed by atoms with Gasteiger partial charge in [0.05, 0.1) is 30.0 Å². The average Bonchev–Trinajstić information content (AvgIpc) is 3.47. The summed E-state index contributed by atoms with van der Waals surface area (Å²) >= 11 is 0. The van der Waals surface area contributed by atoms with Crippen LogP contribution >= 0.6 is 0 Å². The first kappa shape index (κ1) is 20.9. The van der Waals surface area contributed by atoms with E-state index in [1.54, 1.807) is 10.9 Å². The van der Waals surface area contributed by atoms with E-state index in [9.17, 15) is 9.18 Å². The molecule has 4 aromatic rings. The second-order valence-electron chi connectivity index (χ2n) is 7.73. The highest BCUT2D eigenvalue weighted by Gasteiger charge is 2.24. The predicted octanol–water partition coefficient (Wildman–Crippen LogP) is 3.54. The highest BCUT2D eigenvalue weighted by atomic mass is 19.1. The van der Waals surface area contributed by atoms with Gasteiger partial charge in [0.2, 0.25) is 0 Å². The van der Waals surface area contributed by atoms with Crippen molar-refractivity contribution in [3.63, 3.8) is 0 Å². The van der Waals surface area contributed by atoms with E-state index in [0.29, 0.717) is 23.1 Å². The number of hydrogen-bond donors (Lipinski definition) is 2. The third kappa shape index (κ3) is 3.55. The number of nitrogen functional groups attached to an aromatic ring is 2. The van der Waals surface area contributed by atoms with Crippen LogP contribution in [0, 0.1) is 5.82 Å². The maximum atomic E-state index is 14.9. The predicted molar refractivity (Wildman–Crippen MR) is 117 cm³/mol. The monoisotopic (exact) mass is 452 g/mol. The Morgan fingerprint density at radius 2 is 2.09 bits per heavy atom. The Hall–Kier alpha value is -3.99. The Labute approximate surface area is 187 Å². The van der Waals surface area contributed by atoms with E-state index < -0.39 is 11.8 Å². The molecule has 33 heavy (non-hydrogen) atoms. The first-order valence-electron chi connectivity index (χ1n) is 10.4. The number of nitrogens with zero attached hydrogens (tertiary/aromatic N) is 4. The molecule has 0 radical (unpaired) electrons. The molecule has 0 aliphatic carbocycles. The Bertz CT molecular complexity index is 1360. The van der Waals surface area contributed by atoms with Crippen LogP contribution in [-0.4, -0.2) is 39.6 Å². The molecular formula is C22H21FN6O4. The molecule has 1 unspecified atom stereocenters. The number of pyridine rings is 1. The molecule has 4 heterocycles. The Kier molecular flexibility index (Phi) is 5.17. The normalized spacial score (nSPS) is 16.2. The highest BCUT2D eigenvalue weighted by Crippen LogP contribution is 2.39. The van der Waals surface area contributed by atoms with Gasteiger partial charge in [0, 0.05) is 41.4 Å². The number of carbonyl (C=O) groups is 1. The van der Waals surface area contributed by atoms with Crippen molar-refractivity contribution in [1.29, 1.82) is 0 Å². The lowest BCUT2D eigenvalue weighted by molar-refractivity contribution is -0.0394. The van der Waals surface area contributed by atoms with Gasteiger partial charge >= 0.3 is 5.97 Å². The summed E-state index contributed by atoms with van der Waals surface area (Å²) in [4.78, 5) is 16.5. The van der Waals surface area contributed by atoms with Crippen LogP contribution < -0.4 is 11.5 Å². The van der Waals surface area contributed by atoms with Gasteiger partial charge in [-0.15, -0.1) is 0 Å². The first-order chi connectivity index (χ1) is 16.0. The van der Waals surface area contributed by atoms with Crippen molar-refractivity contribution in [3.8, 4) is 22.4 Å². The molecule has 170 valence electrons. The smallest absolute Gasteiger partial charge is 0.339 e. The SMILES string of the molecule is COC(=O)c1cc(-c2ncc(-c3cnn(C4CCCCO4)c3)c3onc(N)c23)c(F)cc1N. The lowest BCUT2D eigenvalue weighted by Gasteiger charge is -2.22. The van der Waals surface area contributed by atoms with Crippen LogP contribution in [0.5, 0.6) is 0 Å². The van der Waals surface area contributed by atoms with Gasteiger partial charge in [-0.25, -0.2) is 13.9 Å². The summed E-state index contributed by atoms with van der Waals surface area (Å²) in [5.74, 6) is -1.34. The molecule has 1 aliphatic rings. The van der Waals surface area contributed by atoms with Crippen molar-refractivity contribution < 1.29 is 23.2 Å². The van der Waals surface area contributed by atoms with Crippen molar-refractivity contribution in [2.75, 3.05) is 25.2 Å². The first-order valence-corrected chi connectivity index (χ1v) is 10.4. The molecule has 10 nitrogen and oxygen atoms in total. The summed E-state index contributed by atoms with van der Waals surface area (Å²) in [7, 11) is 1.21. The number of methoxy groups -OCH3 is 1. The van der Waals surface area contributed by atoms with Gasteiger partial charge in [-0.1, -0.05) is 5.16 Å². The molecule has 0 saturated carbocycles. The van der Waals surface area contributed by atoms with E-state index in [0.717, 1.165) is 30.9 Å². The Balaban J connectivity index is 1.62. The molecule has 0 bridgehead atoms. The fourth-order valence-corrected chi connectivity index (χ4v) is 4.00. The molecular weight excluding hydrogens is 431 g/mol. The lowest BCUT2D eigenvalue weighted by atomic mass is 10.0. The van der Waals surface area contributed by atoms with E-state index in [-0.39, 0.29) is 34.6 Å². The summed E-state index contributed by atoms with van der Waals surface area (Å²) in [5.41, 5.74) is 13.6. The number of carbonyl (C=O) groups excluding carboxylic acids is 1. The fraction of sp³-hybridized carbons (Fsp3) is 0.273. The van der Waals surface area contributed by atoms with Gasteiger partial charge in [0.25, 0.3) is 0 Å². The zero-order chi connectivity index (χ0) is 23.1. The topological polar surface area (TPSA) is 144 Å². The number of esters is 1. The molecule has 1 saturated heterocycles. The molecule has 5 rings (SSSR count). The molecule has 1 atom stereocenters. The molecule has 4 N–H and O–H groups in total. The standard InChI is InChI=1S/C22H21FN6O4/c1-31-22(30)13-6-12(15(23)7-16(13)24)19-18-20(33-28-21(18)25)14(9-26-19)11-8-27-29(10-11)17-4-2-3-5-32-17/h6-10,17H,2-5,24H2,1H3,(H2,25,28). The largest absolute Gasteiger partial charge is 0.465 e. The number of ether oxygens (including phenoxy) is 2. The summed E-state index contributed by atoms with van der Waals surface area (Å²) in [5, 5.41) is 8.59. The second-order valence-corrected chi connectivity index (χ2v) is 7.73. The van der Waals surface area contributed by atoms with E-state index in [1.165, 1.54) is 19.4 Å². The van der Waals surface area contributed by atoms with E-state index in [1.807, 2.05) is 6.20 Å². The molecule has 0 amide bonds. The minimum Gasteiger partial charge on any atom is -0.465 e. The maximum Gasteiger partial charge on any atom is 0.339 e. The molecule has 3 aromatic heterocycles. The van der Waals surface area contributed by atoms with Crippen LogP contribution in [-0.2, 0) is 9.47 Å². The van der Waals surface area contributed by atoms with Gasteiger partial charge in [0.1, 0.15) is 12.0 Å². The second kappa shape index (κ2) is 8.17. The van der Waals surface area contributed by atoms with Crippen LogP contribution in [0.3, 0.4) is 0 Å². The molecule has 0 spiro atoms. The van der Waals surface area contributed by atoms with Crippen molar-refractivity contribution in [2.45, 2.75) is 25.5 Å². The number of halogens is 1. The fourth-order valence-electron chi connectivity index (χ4n) is 4.00. The van der Waals surface area contributed by atoms with Gasteiger partial charge in [-0.3, -0.25) is 4.98 Å². The Morgan fingerprint density at radius 3 is 2.85 bits per heavy atom. The van der Waals surface area contributed by atoms with Crippen LogP contribution in [0.15, 0.2) is 35.2 Å². The number of anilines is 2. The van der Waals surface area contributed by atoms with E-state index in [2.05, 4.69) is 15.2 Å². The van der Waals surface area contributed by atoms with Crippen LogP contribution in [0.1, 0.15) is 35.8 Å². The molecule has 1 aromatic carbocycles.